The molecule has 1 aliphatic carbocycles. The monoisotopic (exact) mass is 236 g/mol. The topological polar surface area (TPSA) is 67.5 Å². The molecule has 1 aromatic carbocycles. The van der Waals surface area contributed by atoms with Crippen molar-refractivity contribution >= 4 is 11.4 Å². The highest BCUT2D eigenvalue weighted by Gasteiger charge is 2.26. The average molecular weight is 236 g/mol. The molecule has 4 N–H and O–H groups in total. The van der Waals surface area contributed by atoms with Crippen molar-refractivity contribution in [2.75, 3.05) is 24.8 Å². The van der Waals surface area contributed by atoms with E-state index in [0.29, 0.717) is 23.4 Å². The van der Waals surface area contributed by atoms with Gasteiger partial charge in [-0.1, -0.05) is 6.42 Å². The Kier molecular flexibility index (Phi) is 3.74. The minimum absolute atomic E-state index is 0.254. The highest BCUT2D eigenvalue weighted by molar-refractivity contribution is 5.61. The Morgan fingerprint density at radius 2 is 2.29 bits per heavy atom. The maximum atomic E-state index is 9.27. The summed E-state index contributed by atoms with van der Waals surface area (Å²) < 4.78 is 5.19. The van der Waals surface area contributed by atoms with Crippen molar-refractivity contribution < 1.29 is 9.84 Å². The molecule has 0 amide bonds. The summed E-state index contributed by atoms with van der Waals surface area (Å²) in [5.41, 5.74) is 7.41. The van der Waals surface area contributed by atoms with Crippen molar-refractivity contribution in [3.8, 4) is 5.75 Å². The number of aliphatic hydroxyl groups excluding tert-OH is 1. The molecule has 0 heterocycles. The lowest BCUT2D eigenvalue weighted by molar-refractivity contribution is 0.222. The lowest BCUT2D eigenvalue weighted by Crippen LogP contribution is -2.26. The van der Waals surface area contributed by atoms with Crippen molar-refractivity contribution in [2.24, 2.45) is 5.92 Å². The van der Waals surface area contributed by atoms with Crippen LogP contribution in [-0.4, -0.2) is 24.9 Å². The second-order valence-corrected chi connectivity index (χ2v) is 4.58. The molecule has 0 spiro atoms. The minimum Gasteiger partial charge on any atom is -0.495 e. The number of methoxy groups -OCH3 is 1. The fourth-order valence-electron chi connectivity index (χ4n) is 2.46. The van der Waals surface area contributed by atoms with Crippen LogP contribution in [0.15, 0.2) is 18.2 Å². The second kappa shape index (κ2) is 5.27. The van der Waals surface area contributed by atoms with Gasteiger partial charge in [0.2, 0.25) is 0 Å². The van der Waals surface area contributed by atoms with Gasteiger partial charge >= 0.3 is 0 Å². The summed E-state index contributed by atoms with van der Waals surface area (Å²) in [5.74, 6) is 1.05. The Hall–Kier alpha value is -1.42. The van der Waals surface area contributed by atoms with Gasteiger partial charge in [0, 0.05) is 30.3 Å². The van der Waals surface area contributed by atoms with E-state index in [2.05, 4.69) is 5.32 Å². The Morgan fingerprint density at radius 3 is 3.00 bits per heavy atom. The van der Waals surface area contributed by atoms with Gasteiger partial charge in [-0.3, -0.25) is 0 Å². The van der Waals surface area contributed by atoms with Crippen LogP contribution < -0.4 is 15.8 Å². The number of nitrogens with two attached hydrogens (primary N) is 1. The molecule has 4 nitrogen and oxygen atoms in total. The third kappa shape index (κ3) is 2.64. The first-order valence-corrected chi connectivity index (χ1v) is 6.05. The predicted molar refractivity (Wildman–Crippen MR) is 69.2 cm³/mol. The van der Waals surface area contributed by atoms with E-state index in [4.69, 9.17) is 10.5 Å². The van der Waals surface area contributed by atoms with Crippen molar-refractivity contribution in [3.05, 3.63) is 18.2 Å². The summed E-state index contributed by atoms with van der Waals surface area (Å²) in [5, 5.41) is 12.7. The molecule has 0 aliphatic heterocycles. The molecular weight excluding hydrogens is 216 g/mol. The predicted octanol–water partition coefficient (Wildman–Crippen LogP) is 1.85. The van der Waals surface area contributed by atoms with E-state index >= 15 is 0 Å². The molecule has 1 fully saturated rings. The maximum absolute atomic E-state index is 9.27. The van der Waals surface area contributed by atoms with E-state index in [1.165, 1.54) is 6.42 Å². The van der Waals surface area contributed by atoms with E-state index in [0.717, 1.165) is 18.5 Å². The first kappa shape index (κ1) is 12.0. The fraction of sp³-hybridized carbons (Fsp3) is 0.538. The highest BCUT2D eigenvalue weighted by atomic mass is 16.5. The zero-order valence-electron chi connectivity index (χ0n) is 10.1. The van der Waals surface area contributed by atoms with Gasteiger partial charge in [0.05, 0.1) is 12.8 Å². The van der Waals surface area contributed by atoms with E-state index in [-0.39, 0.29) is 6.61 Å². The van der Waals surface area contributed by atoms with Gasteiger partial charge in [0.25, 0.3) is 0 Å². The standard InChI is InChI=1S/C13H20N2O2/c1-17-13-7-10(5-6-11(13)14)15-12-4-2-3-9(12)8-16/h5-7,9,12,15-16H,2-4,8,14H2,1H3. The molecule has 1 saturated carbocycles. The molecule has 2 rings (SSSR count). The van der Waals surface area contributed by atoms with Gasteiger partial charge in [0.1, 0.15) is 5.75 Å². The average Bonchev–Trinajstić information content (AvgIpc) is 2.79. The van der Waals surface area contributed by atoms with Gasteiger partial charge in [-0.05, 0) is 25.0 Å². The van der Waals surface area contributed by atoms with Crippen LogP contribution >= 0.6 is 0 Å². The van der Waals surface area contributed by atoms with Crippen LogP contribution in [0, 0.1) is 5.92 Å². The van der Waals surface area contributed by atoms with E-state index in [9.17, 15) is 5.11 Å². The molecular formula is C13H20N2O2. The van der Waals surface area contributed by atoms with Crippen LogP contribution in [0.2, 0.25) is 0 Å². The van der Waals surface area contributed by atoms with Crippen molar-refractivity contribution in [3.63, 3.8) is 0 Å². The summed E-state index contributed by atoms with van der Waals surface area (Å²) in [6.07, 6.45) is 3.38. The smallest absolute Gasteiger partial charge is 0.143 e. The normalized spacial score (nSPS) is 23.6. The third-order valence-electron chi connectivity index (χ3n) is 3.48. The van der Waals surface area contributed by atoms with Crippen LogP contribution in [0.3, 0.4) is 0 Å². The summed E-state index contributed by atoms with van der Waals surface area (Å²) in [6.45, 7) is 0.254. The van der Waals surface area contributed by atoms with Crippen LogP contribution in [0.1, 0.15) is 19.3 Å². The number of rotatable bonds is 4. The Morgan fingerprint density at radius 1 is 1.47 bits per heavy atom. The molecule has 2 atom stereocenters. The third-order valence-corrected chi connectivity index (χ3v) is 3.48. The first-order chi connectivity index (χ1) is 8.24. The molecule has 1 aromatic rings. The SMILES string of the molecule is COc1cc(NC2CCCC2CO)ccc1N. The minimum atomic E-state index is 0.254. The summed E-state index contributed by atoms with van der Waals surface area (Å²) in [4.78, 5) is 0. The van der Waals surface area contributed by atoms with Crippen LogP contribution in [0.25, 0.3) is 0 Å². The van der Waals surface area contributed by atoms with Crippen LogP contribution in [-0.2, 0) is 0 Å². The second-order valence-electron chi connectivity index (χ2n) is 4.58. The van der Waals surface area contributed by atoms with Crippen molar-refractivity contribution in [1.82, 2.24) is 0 Å². The zero-order chi connectivity index (χ0) is 12.3. The number of anilines is 2. The number of benzene rings is 1. The lowest BCUT2D eigenvalue weighted by atomic mass is 10.0. The molecule has 4 heteroatoms. The summed E-state index contributed by atoms with van der Waals surface area (Å²) in [7, 11) is 1.61. The van der Waals surface area contributed by atoms with Crippen LogP contribution in [0.4, 0.5) is 11.4 Å². The van der Waals surface area contributed by atoms with Crippen molar-refractivity contribution in [2.45, 2.75) is 25.3 Å². The first-order valence-electron chi connectivity index (χ1n) is 6.05. The number of hydrogen-bond donors (Lipinski definition) is 3. The number of hydrogen-bond acceptors (Lipinski definition) is 4. The van der Waals surface area contributed by atoms with E-state index in [1.807, 2.05) is 18.2 Å². The Labute approximate surface area is 102 Å². The lowest BCUT2D eigenvalue weighted by Gasteiger charge is -2.20. The van der Waals surface area contributed by atoms with Gasteiger partial charge in [-0.15, -0.1) is 0 Å². The molecule has 0 bridgehead atoms. The molecule has 0 aromatic heterocycles. The molecule has 0 radical (unpaired) electrons. The zero-order valence-corrected chi connectivity index (χ0v) is 10.1. The molecule has 17 heavy (non-hydrogen) atoms. The van der Waals surface area contributed by atoms with Gasteiger partial charge in [-0.2, -0.15) is 0 Å². The molecule has 94 valence electrons. The molecule has 2 unspecified atom stereocenters. The number of nitrogens with one attached hydrogen (secondary N) is 1. The quantitative estimate of drug-likeness (QED) is 0.698. The highest BCUT2D eigenvalue weighted by Crippen LogP contribution is 2.30. The number of aliphatic hydroxyl groups is 1. The Balaban J connectivity index is 2.08. The summed E-state index contributed by atoms with van der Waals surface area (Å²) in [6, 6.07) is 6.05. The number of ether oxygens (including phenoxy) is 1. The fourth-order valence-corrected chi connectivity index (χ4v) is 2.46. The van der Waals surface area contributed by atoms with Crippen LogP contribution in [0.5, 0.6) is 5.75 Å². The van der Waals surface area contributed by atoms with Crippen molar-refractivity contribution in [1.29, 1.82) is 0 Å². The van der Waals surface area contributed by atoms with E-state index < -0.39 is 0 Å². The largest absolute Gasteiger partial charge is 0.495 e. The van der Waals surface area contributed by atoms with Gasteiger partial charge in [-0.25, -0.2) is 0 Å². The Bertz CT molecular complexity index is 382. The maximum Gasteiger partial charge on any atom is 0.143 e. The molecule has 0 saturated heterocycles. The summed E-state index contributed by atoms with van der Waals surface area (Å²) >= 11 is 0. The van der Waals surface area contributed by atoms with Gasteiger partial charge in [0.15, 0.2) is 0 Å². The molecule has 1 aliphatic rings. The van der Waals surface area contributed by atoms with E-state index in [1.54, 1.807) is 7.11 Å². The number of nitrogen functional groups attached to an aromatic ring is 1. The van der Waals surface area contributed by atoms with Gasteiger partial charge < -0.3 is 20.9 Å².